The van der Waals surface area contributed by atoms with E-state index in [0.717, 1.165) is 37.0 Å². The normalized spacial score (nSPS) is 12.7. The van der Waals surface area contributed by atoms with E-state index in [0.29, 0.717) is 6.54 Å². The Labute approximate surface area is 178 Å². The van der Waals surface area contributed by atoms with Crippen molar-refractivity contribution in [3.63, 3.8) is 0 Å². The third-order valence-corrected chi connectivity index (χ3v) is 5.16. The van der Waals surface area contributed by atoms with Crippen molar-refractivity contribution in [2.45, 2.75) is 26.4 Å². The summed E-state index contributed by atoms with van der Waals surface area (Å²) in [5.41, 5.74) is 2.40. The molecule has 30 heavy (non-hydrogen) atoms. The Morgan fingerprint density at radius 1 is 1.10 bits per heavy atom. The van der Waals surface area contributed by atoms with E-state index in [-0.39, 0.29) is 6.04 Å². The van der Waals surface area contributed by atoms with Gasteiger partial charge in [-0.3, -0.25) is 14.5 Å². The first-order valence-electron chi connectivity index (χ1n) is 10.4. The number of benzene rings is 1. The highest BCUT2D eigenvalue weighted by molar-refractivity contribution is 5.79. The maximum absolute atomic E-state index is 4.50. The minimum atomic E-state index is 0.288. The minimum Gasteiger partial charge on any atom is -0.354 e. The highest BCUT2D eigenvalue weighted by Crippen LogP contribution is 2.19. The van der Waals surface area contributed by atoms with Crippen LogP contribution in [0, 0.1) is 0 Å². The number of guanidine groups is 1. The lowest BCUT2D eigenvalue weighted by molar-refractivity contribution is 0.219. The topological polar surface area (TPSA) is 70.4 Å². The summed E-state index contributed by atoms with van der Waals surface area (Å²) >= 11 is 0. The third-order valence-electron chi connectivity index (χ3n) is 5.16. The zero-order chi connectivity index (χ0) is 21.2. The molecule has 0 aliphatic heterocycles. The third kappa shape index (κ3) is 5.67. The van der Waals surface area contributed by atoms with E-state index in [4.69, 9.17) is 0 Å². The number of likely N-dealkylation sites (N-methyl/N-ethyl adjacent to an activating group) is 1. The maximum Gasteiger partial charge on any atom is 0.191 e. The van der Waals surface area contributed by atoms with E-state index >= 15 is 0 Å². The van der Waals surface area contributed by atoms with E-state index in [1.807, 2.05) is 23.0 Å². The summed E-state index contributed by atoms with van der Waals surface area (Å²) in [5, 5.41) is 6.87. The summed E-state index contributed by atoms with van der Waals surface area (Å²) in [6, 6.07) is 15.0. The predicted molar refractivity (Wildman–Crippen MR) is 122 cm³/mol. The monoisotopic (exact) mass is 405 g/mol. The molecule has 3 rings (SSSR count). The van der Waals surface area contributed by atoms with Gasteiger partial charge in [-0.05, 0) is 30.3 Å². The fourth-order valence-electron chi connectivity index (χ4n) is 3.47. The van der Waals surface area contributed by atoms with Gasteiger partial charge < -0.3 is 10.6 Å². The van der Waals surface area contributed by atoms with Crippen molar-refractivity contribution in [1.29, 1.82) is 0 Å². The fraction of sp³-hybridized carbons (Fsp3) is 0.348. The van der Waals surface area contributed by atoms with Crippen LogP contribution in [0.5, 0.6) is 0 Å². The van der Waals surface area contributed by atoms with Gasteiger partial charge in [0.25, 0.3) is 0 Å². The molecule has 0 radical (unpaired) electrons. The summed E-state index contributed by atoms with van der Waals surface area (Å²) in [7, 11) is 1.80. The van der Waals surface area contributed by atoms with Gasteiger partial charge in [-0.25, -0.2) is 9.97 Å². The highest BCUT2D eigenvalue weighted by atomic mass is 15.2. The van der Waals surface area contributed by atoms with Gasteiger partial charge in [0.1, 0.15) is 12.1 Å². The van der Waals surface area contributed by atoms with Crippen LogP contribution in [0.15, 0.2) is 72.4 Å². The summed E-state index contributed by atoms with van der Waals surface area (Å²) in [6.45, 7) is 7.83. The van der Waals surface area contributed by atoms with Gasteiger partial charge in [-0.1, -0.05) is 50.2 Å². The van der Waals surface area contributed by atoms with Crippen LogP contribution in [0.4, 0.5) is 0 Å². The van der Waals surface area contributed by atoms with E-state index in [9.17, 15) is 0 Å². The maximum atomic E-state index is 4.50. The highest BCUT2D eigenvalue weighted by Gasteiger charge is 2.18. The van der Waals surface area contributed by atoms with Crippen LogP contribution in [0.1, 0.15) is 31.0 Å². The Morgan fingerprint density at radius 3 is 2.50 bits per heavy atom. The Bertz CT molecular complexity index is 885. The fourth-order valence-corrected chi connectivity index (χ4v) is 3.47. The second kappa shape index (κ2) is 11.1. The number of hydrogen-bond donors (Lipinski definition) is 2. The lowest BCUT2D eigenvalue weighted by Crippen LogP contribution is -2.43. The summed E-state index contributed by atoms with van der Waals surface area (Å²) in [6.07, 6.45) is 7.24. The molecule has 0 spiro atoms. The first-order valence-corrected chi connectivity index (χ1v) is 10.4. The summed E-state index contributed by atoms with van der Waals surface area (Å²) < 4.78 is 1.88. The molecule has 0 saturated heterocycles. The second-order valence-corrected chi connectivity index (χ2v) is 6.95. The average Bonchev–Trinajstić information content (AvgIpc) is 3.34. The van der Waals surface area contributed by atoms with Gasteiger partial charge in [0.05, 0.1) is 6.04 Å². The Balaban J connectivity index is 1.58. The molecular weight excluding hydrogens is 374 g/mol. The van der Waals surface area contributed by atoms with Crippen LogP contribution in [-0.2, 0) is 6.54 Å². The van der Waals surface area contributed by atoms with Crippen molar-refractivity contribution in [3.8, 4) is 5.82 Å². The number of pyridine rings is 1. The number of aliphatic imine (C=N–C) groups is 1. The standard InChI is InChI=1S/C23H31N7/c1-4-29(5-2)21(20-9-7-6-8-10-20)17-28-23(24-3)27-16-19-11-12-22(26-15-19)30-14-13-25-18-30/h6-15,18,21H,4-5,16-17H2,1-3H3,(H2,24,27,28). The molecule has 1 unspecified atom stereocenters. The minimum absolute atomic E-state index is 0.288. The molecule has 0 fully saturated rings. The quantitative estimate of drug-likeness (QED) is 0.423. The molecule has 0 bridgehead atoms. The molecule has 1 aromatic carbocycles. The lowest BCUT2D eigenvalue weighted by Gasteiger charge is -2.30. The molecule has 2 heterocycles. The molecule has 2 aromatic heterocycles. The molecule has 0 saturated carbocycles. The number of rotatable bonds is 9. The molecule has 2 N–H and O–H groups in total. The van der Waals surface area contributed by atoms with Crippen molar-refractivity contribution in [2.75, 3.05) is 26.7 Å². The van der Waals surface area contributed by atoms with E-state index in [2.05, 4.69) is 80.7 Å². The van der Waals surface area contributed by atoms with E-state index in [1.165, 1.54) is 5.56 Å². The number of nitrogens with zero attached hydrogens (tertiary/aromatic N) is 5. The molecular formula is C23H31N7. The van der Waals surface area contributed by atoms with Gasteiger partial charge >= 0.3 is 0 Å². The lowest BCUT2D eigenvalue weighted by atomic mass is 10.1. The Morgan fingerprint density at radius 2 is 1.90 bits per heavy atom. The van der Waals surface area contributed by atoms with Crippen molar-refractivity contribution in [1.82, 2.24) is 30.1 Å². The number of imidazole rings is 1. The van der Waals surface area contributed by atoms with Gasteiger partial charge in [-0.2, -0.15) is 0 Å². The molecule has 158 valence electrons. The van der Waals surface area contributed by atoms with Crippen LogP contribution in [0.3, 0.4) is 0 Å². The largest absolute Gasteiger partial charge is 0.354 e. The van der Waals surface area contributed by atoms with Crippen LogP contribution >= 0.6 is 0 Å². The Hall–Kier alpha value is -3.19. The molecule has 1 atom stereocenters. The number of hydrogen-bond acceptors (Lipinski definition) is 4. The van der Waals surface area contributed by atoms with Gasteiger partial charge in [0.2, 0.25) is 0 Å². The first kappa shape index (κ1) is 21.5. The molecule has 3 aromatic rings. The van der Waals surface area contributed by atoms with Crippen molar-refractivity contribution < 1.29 is 0 Å². The zero-order valence-corrected chi connectivity index (χ0v) is 18.0. The van der Waals surface area contributed by atoms with E-state index < -0.39 is 0 Å². The molecule has 0 aliphatic carbocycles. The van der Waals surface area contributed by atoms with Crippen molar-refractivity contribution in [3.05, 3.63) is 78.5 Å². The SMILES string of the molecule is CCN(CC)C(CNC(=NC)NCc1ccc(-n2ccnc2)nc1)c1ccccc1. The first-order chi connectivity index (χ1) is 14.7. The van der Waals surface area contributed by atoms with E-state index in [1.54, 1.807) is 19.6 Å². The smallest absolute Gasteiger partial charge is 0.191 e. The van der Waals surface area contributed by atoms with Crippen molar-refractivity contribution >= 4 is 5.96 Å². The molecule has 7 nitrogen and oxygen atoms in total. The predicted octanol–water partition coefficient (Wildman–Crippen LogP) is 3.02. The molecule has 7 heteroatoms. The van der Waals surface area contributed by atoms with Gasteiger partial charge in [0, 0.05) is 38.7 Å². The van der Waals surface area contributed by atoms with Crippen molar-refractivity contribution in [2.24, 2.45) is 4.99 Å². The number of nitrogens with one attached hydrogen (secondary N) is 2. The van der Waals surface area contributed by atoms with Crippen LogP contribution < -0.4 is 10.6 Å². The molecule has 0 aliphatic rings. The molecule has 0 amide bonds. The van der Waals surface area contributed by atoms with Crippen LogP contribution in [0.2, 0.25) is 0 Å². The zero-order valence-electron chi connectivity index (χ0n) is 18.0. The second-order valence-electron chi connectivity index (χ2n) is 6.95. The average molecular weight is 406 g/mol. The number of aromatic nitrogens is 3. The summed E-state index contributed by atoms with van der Waals surface area (Å²) in [4.78, 5) is 15.4. The Kier molecular flexibility index (Phi) is 7.97. The van der Waals surface area contributed by atoms with Crippen LogP contribution in [0.25, 0.3) is 5.82 Å². The van der Waals surface area contributed by atoms with Crippen LogP contribution in [-0.4, -0.2) is 52.1 Å². The summed E-state index contributed by atoms with van der Waals surface area (Å²) in [5.74, 6) is 1.63. The van der Waals surface area contributed by atoms with Gasteiger partial charge in [0.15, 0.2) is 5.96 Å². The van der Waals surface area contributed by atoms with Gasteiger partial charge in [-0.15, -0.1) is 0 Å².